The van der Waals surface area contributed by atoms with Crippen LogP contribution in [0.25, 0.3) is 0 Å². The highest BCUT2D eigenvalue weighted by Gasteiger charge is 2.25. The number of anilines is 1. The van der Waals surface area contributed by atoms with Crippen LogP contribution in [0.4, 0.5) is 5.69 Å². The number of benzene rings is 1. The number of aliphatic carboxylic acids is 1. The molecule has 0 fully saturated rings. The first kappa shape index (κ1) is 14.2. The Kier molecular flexibility index (Phi) is 3.66. The fraction of sp³-hybridized carbons (Fsp3) is 0. The van der Waals surface area contributed by atoms with Gasteiger partial charge in [-0.2, -0.15) is 0 Å². The molecule has 1 aliphatic heterocycles. The van der Waals surface area contributed by atoms with Crippen molar-refractivity contribution < 1.29 is 29.4 Å². The minimum absolute atomic E-state index is 0.110. The second-order valence-electron chi connectivity index (χ2n) is 4.09. The summed E-state index contributed by atoms with van der Waals surface area (Å²) < 4.78 is 0. The number of carbonyl (C=O) groups is 4. The first-order chi connectivity index (χ1) is 9.90. The van der Waals surface area contributed by atoms with Gasteiger partial charge in [0, 0.05) is 23.8 Å². The summed E-state index contributed by atoms with van der Waals surface area (Å²) in [4.78, 5) is 45.9. The van der Waals surface area contributed by atoms with Gasteiger partial charge in [0.1, 0.15) is 0 Å². The Morgan fingerprint density at radius 2 is 1.48 bits per heavy atom. The van der Waals surface area contributed by atoms with E-state index in [9.17, 15) is 19.2 Å². The number of aliphatic hydroxyl groups excluding tert-OH is 1. The highest BCUT2D eigenvalue weighted by atomic mass is 16.4. The molecule has 7 nitrogen and oxygen atoms in total. The molecule has 2 N–H and O–H groups in total. The minimum atomic E-state index is -1.61. The zero-order valence-electron chi connectivity index (χ0n) is 10.5. The number of aliphatic hydroxyl groups is 1. The second kappa shape index (κ2) is 5.41. The average Bonchev–Trinajstić information content (AvgIpc) is 2.78. The van der Waals surface area contributed by atoms with Crippen LogP contribution in [0, 0.1) is 0 Å². The number of nitrogens with zero attached hydrogens (tertiary/aromatic N) is 1. The molecule has 0 bridgehead atoms. The van der Waals surface area contributed by atoms with Crippen LogP contribution in [0.5, 0.6) is 0 Å². The molecule has 1 heterocycles. The summed E-state index contributed by atoms with van der Waals surface area (Å²) in [6.07, 6.45) is 2.84. The third-order valence-corrected chi connectivity index (χ3v) is 2.71. The maximum atomic E-state index is 11.7. The number of allylic oxidation sites excluding steroid dienone is 1. The summed E-state index contributed by atoms with van der Waals surface area (Å²) in [6.45, 7) is 0. The smallest absolute Gasteiger partial charge is 0.371 e. The molecule has 106 valence electrons. The third-order valence-electron chi connectivity index (χ3n) is 2.71. The Morgan fingerprint density at radius 3 is 1.95 bits per heavy atom. The van der Waals surface area contributed by atoms with Crippen LogP contribution in [-0.4, -0.2) is 33.8 Å². The fourth-order valence-electron chi connectivity index (χ4n) is 1.70. The van der Waals surface area contributed by atoms with Crippen LogP contribution in [0.3, 0.4) is 0 Å². The monoisotopic (exact) mass is 287 g/mol. The Bertz CT molecular complexity index is 681. The molecule has 1 aromatic rings. The van der Waals surface area contributed by atoms with Crippen molar-refractivity contribution >= 4 is 29.3 Å². The summed E-state index contributed by atoms with van der Waals surface area (Å²) in [5, 5.41) is 17.5. The van der Waals surface area contributed by atoms with E-state index in [2.05, 4.69) is 0 Å². The van der Waals surface area contributed by atoms with Crippen LogP contribution in [0.2, 0.25) is 0 Å². The topological polar surface area (TPSA) is 112 Å². The van der Waals surface area contributed by atoms with Crippen molar-refractivity contribution in [2.75, 3.05) is 4.90 Å². The Morgan fingerprint density at radius 1 is 0.952 bits per heavy atom. The maximum absolute atomic E-state index is 11.7. The fourth-order valence-corrected chi connectivity index (χ4v) is 1.70. The highest BCUT2D eigenvalue weighted by molar-refractivity contribution is 6.28. The van der Waals surface area contributed by atoms with Crippen LogP contribution >= 0.6 is 0 Å². The van der Waals surface area contributed by atoms with Gasteiger partial charge in [-0.05, 0) is 24.3 Å². The summed E-state index contributed by atoms with van der Waals surface area (Å²) in [5.74, 6) is -4.36. The molecule has 0 atom stereocenters. The molecule has 0 radical (unpaired) electrons. The molecule has 2 rings (SSSR count). The molecular formula is C14H9NO6. The number of carboxylic acids is 1. The van der Waals surface area contributed by atoms with Crippen LogP contribution < -0.4 is 4.90 Å². The Labute approximate surface area is 118 Å². The number of carboxylic acid groups (broad SMARTS) is 1. The SMILES string of the molecule is O=C(O)C(O)=CC(=O)c1ccc(N2C(=O)C=CC2=O)cc1. The molecule has 0 aromatic heterocycles. The van der Waals surface area contributed by atoms with Crippen molar-refractivity contribution in [2.45, 2.75) is 0 Å². The van der Waals surface area contributed by atoms with Crippen LogP contribution in [0.1, 0.15) is 10.4 Å². The Hall–Kier alpha value is -3.22. The maximum Gasteiger partial charge on any atom is 0.371 e. The van der Waals surface area contributed by atoms with Crippen LogP contribution in [0.15, 0.2) is 48.3 Å². The van der Waals surface area contributed by atoms with E-state index in [4.69, 9.17) is 10.2 Å². The van der Waals surface area contributed by atoms with Gasteiger partial charge in [0.25, 0.3) is 11.8 Å². The van der Waals surface area contributed by atoms with E-state index in [1.807, 2.05) is 0 Å². The molecular weight excluding hydrogens is 278 g/mol. The number of hydrogen-bond acceptors (Lipinski definition) is 5. The average molecular weight is 287 g/mol. The van der Waals surface area contributed by atoms with Crippen LogP contribution in [-0.2, 0) is 14.4 Å². The van der Waals surface area contributed by atoms with Crippen molar-refractivity contribution in [1.29, 1.82) is 0 Å². The van der Waals surface area contributed by atoms with Gasteiger partial charge in [-0.3, -0.25) is 14.4 Å². The van der Waals surface area contributed by atoms with Gasteiger partial charge in [-0.25, -0.2) is 9.69 Å². The molecule has 2 amide bonds. The number of amides is 2. The zero-order valence-corrected chi connectivity index (χ0v) is 10.5. The molecule has 7 heteroatoms. The first-order valence-electron chi connectivity index (χ1n) is 5.74. The van der Waals surface area contributed by atoms with Gasteiger partial charge in [0.2, 0.25) is 5.76 Å². The van der Waals surface area contributed by atoms with E-state index in [1.54, 1.807) is 0 Å². The van der Waals surface area contributed by atoms with Crippen molar-refractivity contribution in [3.8, 4) is 0 Å². The van der Waals surface area contributed by atoms with E-state index in [-0.39, 0.29) is 11.3 Å². The normalized spacial score (nSPS) is 14.7. The number of carbonyl (C=O) groups excluding carboxylic acids is 3. The Balaban J connectivity index is 2.22. The first-order valence-corrected chi connectivity index (χ1v) is 5.74. The number of rotatable bonds is 4. The zero-order chi connectivity index (χ0) is 15.6. The predicted molar refractivity (Wildman–Crippen MR) is 70.8 cm³/mol. The lowest BCUT2D eigenvalue weighted by molar-refractivity contribution is -0.135. The van der Waals surface area contributed by atoms with Gasteiger partial charge in [-0.15, -0.1) is 0 Å². The van der Waals surface area contributed by atoms with Crippen molar-refractivity contribution in [1.82, 2.24) is 0 Å². The largest absolute Gasteiger partial charge is 0.502 e. The van der Waals surface area contributed by atoms with E-state index in [1.165, 1.54) is 24.3 Å². The van der Waals surface area contributed by atoms with E-state index < -0.39 is 29.3 Å². The molecule has 1 aromatic carbocycles. The van der Waals surface area contributed by atoms with Crippen molar-refractivity contribution in [3.63, 3.8) is 0 Å². The van der Waals surface area contributed by atoms with E-state index in [0.29, 0.717) is 6.08 Å². The van der Waals surface area contributed by atoms with Crippen molar-refractivity contribution in [3.05, 3.63) is 53.8 Å². The molecule has 0 aliphatic carbocycles. The van der Waals surface area contributed by atoms with E-state index in [0.717, 1.165) is 17.1 Å². The summed E-state index contributed by atoms with van der Waals surface area (Å²) in [7, 11) is 0. The van der Waals surface area contributed by atoms with Gasteiger partial charge in [-0.1, -0.05) is 0 Å². The van der Waals surface area contributed by atoms with Gasteiger partial charge in [0.15, 0.2) is 5.78 Å². The van der Waals surface area contributed by atoms with Gasteiger partial charge >= 0.3 is 5.97 Å². The second-order valence-corrected chi connectivity index (χ2v) is 4.09. The summed E-state index contributed by atoms with van der Waals surface area (Å²) in [5.41, 5.74) is 0.400. The molecule has 0 unspecified atom stereocenters. The standard InChI is InChI=1S/C14H9NO6/c16-10(7-11(17)14(20)21)8-1-3-9(4-2-8)15-12(18)5-6-13(15)19/h1-7,17H,(H,20,21). The lowest BCUT2D eigenvalue weighted by Gasteiger charge is -2.13. The summed E-state index contributed by atoms with van der Waals surface area (Å²) in [6, 6.07) is 5.40. The molecule has 0 saturated heterocycles. The quantitative estimate of drug-likeness (QED) is 0.367. The van der Waals surface area contributed by atoms with Crippen molar-refractivity contribution in [2.24, 2.45) is 0 Å². The third kappa shape index (κ3) is 2.86. The number of imide groups is 1. The van der Waals surface area contributed by atoms with Gasteiger partial charge in [0.05, 0.1) is 5.69 Å². The van der Waals surface area contributed by atoms with E-state index >= 15 is 0 Å². The lowest BCUT2D eigenvalue weighted by atomic mass is 10.1. The number of hydrogen-bond donors (Lipinski definition) is 2. The molecule has 21 heavy (non-hydrogen) atoms. The van der Waals surface area contributed by atoms with Gasteiger partial charge < -0.3 is 10.2 Å². The molecule has 0 spiro atoms. The lowest BCUT2D eigenvalue weighted by Crippen LogP contribution is -2.29. The summed E-state index contributed by atoms with van der Waals surface area (Å²) >= 11 is 0. The molecule has 0 saturated carbocycles. The number of ketones is 1. The predicted octanol–water partition coefficient (Wildman–Crippen LogP) is 0.825. The molecule has 1 aliphatic rings. The minimum Gasteiger partial charge on any atom is -0.502 e. The highest BCUT2D eigenvalue weighted by Crippen LogP contribution is 2.19.